The van der Waals surface area contributed by atoms with Gasteiger partial charge in [0.05, 0.1) is 29.4 Å². The molecule has 1 aliphatic heterocycles. The smallest absolute Gasteiger partial charge is 0.261 e. The van der Waals surface area contributed by atoms with Gasteiger partial charge in [-0.3, -0.25) is 9.36 Å². The molecule has 26 heavy (non-hydrogen) atoms. The Hall–Kier alpha value is -3.22. The lowest BCUT2D eigenvalue weighted by Crippen LogP contribution is -2.31. The average Bonchev–Trinajstić information content (AvgIpc) is 3.33. The van der Waals surface area contributed by atoms with Crippen LogP contribution in [0.15, 0.2) is 52.0 Å². The fourth-order valence-corrected chi connectivity index (χ4v) is 3.80. The van der Waals surface area contributed by atoms with Gasteiger partial charge in [0.15, 0.2) is 11.4 Å². The van der Waals surface area contributed by atoms with Crippen LogP contribution in [-0.4, -0.2) is 26.3 Å². The predicted molar refractivity (Wildman–Crippen MR) is 98.1 cm³/mol. The molecule has 1 saturated heterocycles. The summed E-state index contributed by atoms with van der Waals surface area (Å²) in [6.07, 6.45) is 5.23. The Labute approximate surface area is 148 Å². The van der Waals surface area contributed by atoms with Crippen molar-refractivity contribution in [2.75, 3.05) is 11.4 Å². The molecule has 0 bridgehead atoms. The van der Waals surface area contributed by atoms with E-state index in [1.54, 1.807) is 24.1 Å². The van der Waals surface area contributed by atoms with Crippen LogP contribution >= 0.6 is 0 Å². The maximum atomic E-state index is 12.8. The van der Waals surface area contributed by atoms with Crippen molar-refractivity contribution in [1.29, 1.82) is 0 Å². The molecule has 5 rings (SSSR count). The topological polar surface area (TPSA) is 77.1 Å². The molecule has 0 saturated carbocycles. The standard InChI is InChI=1S/C19H17N5O2/c1-23-17(21-14-6-3-2-5-13(14)19(23)25)15-7-4-9-24(15)18-16-12(8-10-26-16)11-20-22-18/h2-3,5-6,8,10-11,15H,4,7,9H2,1H3. The van der Waals surface area contributed by atoms with E-state index in [-0.39, 0.29) is 11.6 Å². The summed E-state index contributed by atoms with van der Waals surface area (Å²) in [4.78, 5) is 19.7. The number of furan rings is 1. The predicted octanol–water partition coefficient (Wildman–Crippen LogP) is 2.81. The third-order valence-corrected chi connectivity index (χ3v) is 5.09. The number of rotatable bonds is 2. The van der Waals surface area contributed by atoms with Gasteiger partial charge in [-0.15, -0.1) is 5.10 Å². The van der Waals surface area contributed by atoms with E-state index >= 15 is 0 Å². The summed E-state index contributed by atoms with van der Waals surface area (Å²) in [6, 6.07) is 9.30. The van der Waals surface area contributed by atoms with Gasteiger partial charge in [-0.2, -0.15) is 5.10 Å². The lowest BCUT2D eigenvalue weighted by Gasteiger charge is -2.26. The Morgan fingerprint density at radius 2 is 2.12 bits per heavy atom. The number of para-hydroxylation sites is 1. The summed E-state index contributed by atoms with van der Waals surface area (Å²) >= 11 is 0. The molecule has 0 amide bonds. The van der Waals surface area contributed by atoms with E-state index in [0.717, 1.165) is 41.7 Å². The molecule has 1 aliphatic rings. The maximum absolute atomic E-state index is 12.8. The van der Waals surface area contributed by atoms with Crippen molar-refractivity contribution in [3.8, 4) is 0 Å². The third-order valence-electron chi connectivity index (χ3n) is 5.09. The Morgan fingerprint density at radius 3 is 3.04 bits per heavy atom. The van der Waals surface area contributed by atoms with Crippen molar-refractivity contribution in [3.63, 3.8) is 0 Å². The first-order valence-corrected chi connectivity index (χ1v) is 8.65. The van der Waals surface area contributed by atoms with Crippen LogP contribution in [0.5, 0.6) is 0 Å². The van der Waals surface area contributed by atoms with E-state index < -0.39 is 0 Å². The molecule has 1 aromatic carbocycles. The van der Waals surface area contributed by atoms with E-state index in [2.05, 4.69) is 15.1 Å². The SMILES string of the molecule is Cn1c(C2CCCN2c2nncc3ccoc23)nc2ccccc2c1=O. The molecule has 3 aromatic heterocycles. The van der Waals surface area contributed by atoms with Crippen LogP contribution in [0, 0.1) is 0 Å². The zero-order valence-corrected chi connectivity index (χ0v) is 14.3. The first-order chi connectivity index (χ1) is 12.7. The summed E-state index contributed by atoms with van der Waals surface area (Å²) in [5.41, 5.74) is 1.41. The lowest BCUT2D eigenvalue weighted by atomic mass is 10.1. The summed E-state index contributed by atoms with van der Waals surface area (Å²) in [5, 5.41) is 9.98. The van der Waals surface area contributed by atoms with E-state index in [4.69, 9.17) is 9.40 Å². The van der Waals surface area contributed by atoms with Gasteiger partial charge in [-0.25, -0.2) is 4.98 Å². The molecular weight excluding hydrogens is 330 g/mol. The van der Waals surface area contributed by atoms with Crippen LogP contribution in [0.2, 0.25) is 0 Å². The monoisotopic (exact) mass is 347 g/mol. The molecule has 7 heteroatoms. The second kappa shape index (κ2) is 5.66. The Morgan fingerprint density at radius 1 is 1.23 bits per heavy atom. The summed E-state index contributed by atoms with van der Waals surface area (Å²) in [7, 11) is 1.78. The largest absolute Gasteiger partial charge is 0.460 e. The normalized spacial score (nSPS) is 17.4. The number of benzene rings is 1. The summed E-state index contributed by atoms with van der Waals surface area (Å²) < 4.78 is 7.29. The fourth-order valence-electron chi connectivity index (χ4n) is 3.80. The number of hydrogen-bond acceptors (Lipinski definition) is 6. The minimum atomic E-state index is -0.0395. The molecule has 4 aromatic rings. The minimum absolute atomic E-state index is 0.0280. The number of fused-ring (bicyclic) bond motifs is 2. The summed E-state index contributed by atoms with van der Waals surface area (Å²) in [6.45, 7) is 0.821. The van der Waals surface area contributed by atoms with Gasteiger partial charge >= 0.3 is 0 Å². The van der Waals surface area contributed by atoms with E-state index in [1.165, 1.54) is 0 Å². The van der Waals surface area contributed by atoms with Crippen LogP contribution < -0.4 is 10.5 Å². The number of aromatic nitrogens is 4. The van der Waals surface area contributed by atoms with Crippen molar-refractivity contribution in [2.24, 2.45) is 7.05 Å². The zero-order chi connectivity index (χ0) is 17.7. The van der Waals surface area contributed by atoms with Gasteiger partial charge in [0, 0.05) is 19.0 Å². The molecular formula is C19H17N5O2. The molecule has 1 fully saturated rings. The van der Waals surface area contributed by atoms with E-state index in [1.807, 2.05) is 30.3 Å². The highest BCUT2D eigenvalue weighted by Crippen LogP contribution is 2.37. The number of hydrogen-bond donors (Lipinski definition) is 0. The van der Waals surface area contributed by atoms with E-state index in [0.29, 0.717) is 11.2 Å². The van der Waals surface area contributed by atoms with Gasteiger partial charge in [-0.1, -0.05) is 12.1 Å². The second-order valence-corrected chi connectivity index (χ2v) is 6.58. The van der Waals surface area contributed by atoms with Crippen LogP contribution in [0.3, 0.4) is 0 Å². The highest BCUT2D eigenvalue weighted by Gasteiger charge is 2.32. The van der Waals surface area contributed by atoms with Gasteiger partial charge in [0.2, 0.25) is 0 Å². The first kappa shape index (κ1) is 15.1. The second-order valence-electron chi connectivity index (χ2n) is 6.58. The summed E-state index contributed by atoms with van der Waals surface area (Å²) in [5.74, 6) is 1.45. The van der Waals surface area contributed by atoms with Crippen molar-refractivity contribution in [2.45, 2.75) is 18.9 Å². The lowest BCUT2D eigenvalue weighted by molar-refractivity contribution is 0.588. The van der Waals surface area contributed by atoms with Crippen molar-refractivity contribution in [3.05, 3.63) is 59.0 Å². The highest BCUT2D eigenvalue weighted by molar-refractivity contribution is 5.86. The fraction of sp³-hybridized carbons (Fsp3) is 0.263. The van der Waals surface area contributed by atoms with Crippen LogP contribution in [0.25, 0.3) is 21.9 Å². The van der Waals surface area contributed by atoms with Gasteiger partial charge < -0.3 is 9.32 Å². The van der Waals surface area contributed by atoms with Crippen LogP contribution in [0.1, 0.15) is 24.7 Å². The van der Waals surface area contributed by atoms with Crippen LogP contribution in [-0.2, 0) is 7.05 Å². The number of nitrogens with zero attached hydrogens (tertiary/aromatic N) is 5. The van der Waals surface area contributed by atoms with Gasteiger partial charge in [0.25, 0.3) is 5.56 Å². The molecule has 7 nitrogen and oxygen atoms in total. The first-order valence-electron chi connectivity index (χ1n) is 8.65. The van der Waals surface area contributed by atoms with Crippen molar-refractivity contribution >= 4 is 27.7 Å². The van der Waals surface area contributed by atoms with E-state index in [9.17, 15) is 4.79 Å². The molecule has 130 valence electrons. The molecule has 4 heterocycles. The van der Waals surface area contributed by atoms with Gasteiger partial charge in [0.1, 0.15) is 5.82 Å². The Kier molecular flexibility index (Phi) is 3.28. The van der Waals surface area contributed by atoms with Crippen molar-refractivity contribution < 1.29 is 4.42 Å². The molecule has 1 unspecified atom stereocenters. The Balaban J connectivity index is 1.68. The number of anilines is 1. The quantitative estimate of drug-likeness (QED) is 0.555. The maximum Gasteiger partial charge on any atom is 0.261 e. The average molecular weight is 347 g/mol. The third kappa shape index (κ3) is 2.13. The van der Waals surface area contributed by atoms with Crippen LogP contribution in [0.4, 0.5) is 5.82 Å². The Bertz CT molecular complexity index is 1180. The molecule has 0 N–H and O–H groups in total. The molecule has 0 radical (unpaired) electrons. The minimum Gasteiger partial charge on any atom is -0.460 e. The highest BCUT2D eigenvalue weighted by atomic mass is 16.3. The molecule has 0 spiro atoms. The molecule has 1 atom stereocenters. The molecule has 0 aliphatic carbocycles. The van der Waals surface area contributed by atoms with Gasteiger partial charge in [-0.05, 0) is 31.0 Å². The zero-order valence-electron chi connectivity index (χ0n) is 14.3. The van der Waals surface area contributed by atoms with Crippen molar-refractivity contribution in [1.82, 2.24) is 19.7 Å².